The molecule has 20 heavy (non-hydrogen) atoms. The Morgan fingerprint density at radius 2 is 2.15 bits per heavy atom. The number of nitrogens with one attached hydrogen (secondary N) is 1. The minimum Gasteiger partial charge on any atom is -0.481 e. The summed E-state index contributed by atoms with van der Waals surface area (Å²) in [6.07, 6.45) is 1.32. The Bertz CT molecular complexity index is 519. The van der Waals surface area contributed by atoms with Crippen LogP contribution in [0.5, 0.6) is 0 Å². The van der Waals surface area contributed by atoms with Crippen molar-refractivity contribution in [3.63, 3.8) is 0 Å². The molecule has 0 radical (unpaired) electrons. The molecule has 5 nitrogen and oxygen atoms in total. The molecule has 0 aliphatic carbocycles. The molecule has 0 saturated carbocycles. The Labute approximate surface area is 122 Å². The van der Waals surface area contributed by atoms with Crippen LogP contribution in [0.4, 0.5) is 4.79 Å². The van der Waals surface area contributed by atoms with E-state index in [-0.39, 0.29) is 12.5 Å². The zero-order valence-corrected chi connectivity index (χ0v) is 11.8. The van der Waals surface area contributed by atoms with E-state index in [9.17, 15) is 9.59 Å². The van der Waals surface area contributed by atoms with Crippen LogP contribution in [-0.4, -0.2) is 35.1 Å². The monoisotopic (exact) mass is 296 g/mol. The summed E-state index contributed by atoms with van der Waals surface area (Å²) in [7, 11) is 0. The molecule has 0 fully saturated rings. The first-order chi connectivity index (χ1) is 9.56. The predicted molar refractivity (Wildman–Crippen MR) is 75.8 cm³/mol. The molecule has 2 N–H and O–H groups in total. The van der Waals surface area contributed by atoms with Crippen molar-refractivity contribution in [1.29, 1.82) is 0 Å². The number of fused-ring (bicyclic) bond motifs is 1. The third-order valence-corrected chi connectivity index (χ3v) is 3.55. The van der Waals surface area contributed by atoms with Gasteiger partial charge in [0, 0.05) is 31.1 Å². The quantitative estimate of drug-likeness (QED) is 0.838. The lowest BCUT2D eigenvalue weighted by molar-refractivity contribution is -0.137. The minimum absolute atomic E-state index is 0.0682. The van der Waals surface area contributed by atoms with Crippen molar-refractivity contribution in [3.05, 3.63) is 34.3 Å². The maximum atomic E-state index is 12.0. The van der Waals surface area contributed by atoms with Crippen LogP contribution in [-0.2, 0) is 17.8 Å². The number of halogens is 1. The number of carbonyl (C=O) groups is 2. The van der Waals surface area contributed by atoms with Gasteiger partial charge in [0.15, 0.2) is 0 Å². The number of carboxylic acid groups (broad SMARTS) is 1. The average molecular weight is 297 g/mol. The van der Waals surface area contributed by atoms with Crippen LogP contribution in [0, 0.1) is 0 Å². The van der Waals surface area contributed by atoms with Crippen LogP contribution in [0.15, 0.2) is 18.2 Å². The number of carbonyl (C=O) groups excluding carboxylic acids is 1. The average Bonchev–Trinajstić information content (AvgIpc) is 2.42. The second-order valence-electron chi connectivity index (χ2n) is 4.81. The van der Waals surface area contributed by atoms with Gasteiger partial charge >= 0.3 is 12.0 Å². The molecule has 0 bridgehead atoms. The first kappa shape index (κ1) is 14.7. The molecule has 1 aliphatic rings. The maximum absolute atomic E-state index is 12.0. The standard InChI is InChI=1S/C14H17ClN2O3/c15-12-4-3-10-5-7-17(9-11(10)8-12)14(20)16-6-1-2-13(18)19/h3-4,8H,1-2,5-7,9H2,(H,16,20)(H,18,19). The summed E-state index contributed by atoms with van der Waals surface area (Å²) >= 11 is 5.96. The minimum atomic E-state index is -0.846. The molecule has 1 aromatic rings. The molecule has 0 atom stereocenters. The van der Waals surface area contributed by atoms with E-state index in [0.29, 0.717) is 31.1 Å². The summed E-state index contributed by atoms with van der Waals surface area (Å²) in [6, 6.07) is 5.60. The highest BCUT2D eigenvalue weighted by Crippen LogP contribution is 2.22. The number of hydrogen-bond acceptors (Lipinski definition) is 2. The van der Waals surface area contributed by atoms with Gasteiger partial charge in [-0.15, -0.1) is 0 Å². The van der Waals surface area contributed by atoms with Gasteiger partial charge in [0.25, 0.3) is 0 Å². The zero-order valence-electron chi connectivity index (χ0n) is 11.1. The van der Waals surface area contributed by atoms with Crippen molar-refractivity contribution in [2.75, 3.05) is 13.1 Å². The third kappa shape index (κ3) is 3.87. The van der Waals surface area contributed by atoms with Crippen LogP contribution in [0.2, 0.25) is 5.02 Å². The lowest BCUT2D eigenvalue weighted by atomic mass is 10.0. The van der Waals surface area contributed by atoms with E-state index in [1.54, 1.807) is 4.90 Å². The fourth-order valence-corrected chi connectivity index (χ4v) is 2.44. The van der Waals surface area contributed by atoms with Gasteiger partial charge in [0.1, 0.15) is 0 Å². The lowest BCUT2D eigenvalue weighted by Crippen LogP contribution is -2.43. The Kier molecular flexibility index (Phi) is 4.84. The van der Waals surface area contributed by atoms with Crippen LogP contribution < -0.4 is 5.32 Å². The van der Waals surface area contributed by atoms with Crippen LogP contribution in [0.3, 0.4) is 0 Å². The van der Waals surface area contributed by atoms with E-state index in [2.05, 4.69) is 5.32 Å². The normalized spacial score (nSPS) is 13.8. The molecule has 1 heterocycles. The summed E-state index contributed by atoms with van der Waals surface area (Å²) in [5.74, 6) is -0.846. The molecule has 0 aromatic heterocycles. The lowest BCUT2D eigenvalue weighted by Gasteiger charge is -2.29. The van der Waals surface area contributed by atoms with E-state index in [0.717, 1.165) is 12.0 Å². The van der Waals surface area contributed by atoms with Crippen molar-refractivity contribution < 1.29 is 14.7 Å². The SMILES string of the molecule is O=C(O)CCCNC(=O)N1CCc2ccc(Cl)cc2C1. The number of carboxylic acids is 1. The molecule has 0 saturated heterocycles. The Balaban J connectivity index is 1.85. The molecule has 108 valence electrons. The number of amides is 2. The summed E-state index contributed by atoms with van der Waals surface area (Å²) in [6.45, 7) is 1.59. The van der Waals surface area contributed by atoms with Crippen molar-refractivity contribution in [1.82, 2.24) is 10.2 Å². The third-order valence-electron chi connectivity index (χ3n) is 3.31. The first-order valence-electron chi connectivity index (χ1n) is 6.58. The molecule has 0 unspecified atom stereocenters. The van der Waals surface area contributed by atoms with E-state index in [1.165, 1.54) is 5.56 Å². The molecule has 0 spiro atoms. The Morgan fingerprint density at radius 3 is 2.90 bits per heavy atom. The second-order valence-corrected chi connectivity index (χ2v) is 5.25. The van der Waals surface area contributed by atoms with Crippen molar-refractivity contribution in [2.24, 2.45) is 0 Å². The van der Waals surface area contributed by atoms with Gasteiger partial charge in [0.05, 0.1) is 0 Å². The van der Waals surface area contributed by atoms with Gasteiger partial charge < -0.3 is 15.3 Å². The molecule has 6 heteroatoms. The van der Waals surface area contributed by atoms with Gasteiger partial charge in [-0.05, 0) is 36.1 Å². The van der Waals surface area contributed by atoms with Gasteiger partial charge in [-0.1, -0.05) is 17.7 Å². The Hall–Kier alpha value is -1.75. The number of nitrogens with zero attached hydrogens (tertiary/aromatic N) is 1. The molecular formula is C14H17ClN2O3. The Morgan fingerprint density at radius 1 is 1.35 bits per heavy atom. The highest BCUT2D eigenvalue weighted by molar-refractivity contribution is 6.30. The summed E-state index contributed by atoms with van der Waals surface area (Å²) in [5, 5.41) is 11.9. The molecule has 2 rings (SSSR count). The van der Waals surface area contributed by atoms with E-state index in [4.69, 9.17) is 16.7 Å². The molecular weight excluding hydrogens is 280 g/mol. The number of urea groups is 1. The van der Waals surface area contributed by atoms with Crippen molar-refractivity contribution in [3.8, 4) is 0 Å². The number of benzene rings is 1. The number of hydrogen-bond donors (Lipinski definition) is 2. The maximum Gasteiger partial charge on any atom is 0.317 e. The summed E-state index contributed by atoms with van der Waals surface area (Å²) in [5.41, 5.74) is 2.30. The molecule has 2 amide bonds. The van der Waals surface area contributed by atoms with Crippen molar-refractivity contribution in [2.45, 2.75) is 25.8 Å². The van der Waals surface area contributed by atoms with E-state index >= 15 is 0 Å². The largest absolute Gasteiger partial charge is 0.481 e. The fraction of sp³-hybridized carbons (Fsp3) is 0.429. The van der Waals surface area contributed by atoms with Crippen LogP contribution >= 0.6 is 11.6 Å². The van der Waals surface area contributed by atoms with Gasteiger partial charge in [-0.2, -0.15) is 0 Å². The second kappa shape index (κ2) is 6.61. The smallest absolute Gasteiger partial charge is 0.317 e. The number of aliphatic carboxylic acids is 1. The van der Waals surface area contributed by atoms with Crippen LogP contribution in [0.25, 0.3) is 0 Å². The molecule has 1 aliphatic heterocycles. The summed E-state index contributed by atoms with van der Waals surface area (Å²) in [4.78, 5) is 24.1. The zero-order chi connectivity index (χ0) is 14.5. The highest BCUT2D eigenvalue weighted by Gasteiger charge is 2.20. The predicted octanol–water partition coefficient (Wildman–Crippen LogP) is 2.27. The van der Waals surface area contributed by atoms with Crippen molar-refractivity contribution >= 4 is 23.6 Å². The van der Waals surface area contributed by atoms with E-state index in [1.807, 2.05) is 18.2 Å². The summed E-state index contributed by atoms with van der Waals surface area (Å²) < 4.78 is 0. The van der Waals surface area contributed by atoms with Gasteiger partial charge in [-0.3, -0.25) is 4.79 Å². The fourth-order valence-electron chi connectivity index (χ4n) is 2.25. The van der Waals surface area contributed by atoms with Crippen LogP contribution in [0.1, 0.15) is 24.0 Å². The highest BCUT2D eigenvalue weighted by atomic mass is 35.5. The molecule has 1 aromatic carbocycles. The van der Waals surface area contributed by atoms with E-state index < -0.39 is 5.97 Å². The first-order valence-corrected chi connectivity index (χ1v) is 6.96. The number of rotatable bonds is 4. The van der Waals surface area contributed by atoms with Gasteiger partial charge in [0.2, 0.25) is 0 Å². The topological polar surface area (TPSA) is 69.6 Å². The van der Waals surface area contributed by atoms with Gasteiger partial charge in [-0.25, -0.2) is 4.79 Å².